The van der Waals surface area contributed by atoms with E-state index in [1.807, 2.05) is 24.3 Å². The molecule has 0 amide bonds. The molecule has 2 aromatic carbocycles. The summed E-state index contributed by atoms with van der Waals surface area (Å²) in [7, 11) is 3.16. The lowest BCUT2D eigenvalue weighted by Crippen LogP contribution is -2.06. The highest BCUT2D eigenvalue weighted by molar-refractivity contribution is 9.10. The third-order valence-electron chi connectivity index (χ3n) is 3.46. The third kappa shape index (κ3) is 3.19. The quantitative estimate of drug-likeness (QED) is 0.591. The van der Waals surface area contributed by atoms with Crippen LogP contribution in [0.3, 0.4) is 0 Å². The van der Waals surface area contributed by atoms with Gasteiger partial charge in [-0.15, -0.1) is 0 Å². The lowest BCUT2D eigenvalue weighted by Gasteiger charge is -2.05. The van der Waals surface area contributed by atoms with Crippen LogP contribution in [0.25, 0.3) is 6.08 Å². The second kappa shape index (κ2) is 6.88. The summed E-state index contributed by atoms with van der Waals surface area (Å²) in [5.41, 5.74) is 1.65. The van der Waals surface area contributed by atoms with E-state index in [0.29, 0.717) is 17.1 Å². The largest absolute Gasteiger partial charge is 0.497 e. The minimum atomic E-state index is -0.501. The fourth-order valence-corrected chi connectivity index (χ4v) is 2.78. The highest BCUT2D eigenvalue weighted by Gasteiger charge is 2.26. The Bertz CT molecular complexity index is 858. The van der Waals surface area contributed by atoms with Gasteiger partial charge in [-0.1, -0.05) is 18.2 Å². The summed E-state index contributed by atoms with van der Waals surface area (Å²) in [5.74, 6) is 1.10. The zero-order valence-electron chi connectivity index (χ0n) is 13.1. The predicted molar refractivity (Wildman–Crippen MR) is 94.3 cm³/mol. The number of methoxy groups -OCH3 is 2. The Kier molecular flexibility index (Phi) is 4.66. The molecule has 0 unspecified atom stereocenters. The maximum atomic E-state index is 12.1. The van der Waals surface area contributed by atoms with E-state index < -0.39 is 5.97 Å². The molecular weight excluding hydrogens is 374 g/mol. The molecule has 1 aliphatic heterocycles. The van der Waals surface area contributed by atoms with E-state index in [1.54, 1.807) is 38.5 Å². The van der Waals surface area contributed by atoms with Crippen molar-refractivity contribution < 1.29 is 19.0 Å². The van der Waals surface area contributed by atoms with Crippen molar-refractivity contribution in [1.82, 2.24) is 0 Å². The van der Waals surface area contributed by atoms with Crippen LogP contribution < -0.4 is 9.47 Å². The highest BCUT2D eigenvalue weighted by Crippen LogP contribution is 2.28. The first kappa shape index (κ1) is 16.3. The molecule has 0 bridgehead atoms. The van der Waals surface area contributed by atoms with E-state index >= 15 is 0 Å². The third-order valence-corrected chi connectivity index (χ3v) is 4.11. The summed E-state index contributed by atoms with van der Waals surface area (Å²) in [4.78, 5) is 16.4. The number of esters is 1. The van der Waals surface area contributed by atoms with Crippen LogP contribution >= 0.6 is 15.9 Å². The summed E-state index contributed by atoms with van der Waals surface area (Å²) in [6.45, 7) is 0. The summed E-state index contributed by atoms with van der Waals surface area (Å²) >= 11 is 3.44. The first-order valence-corrected chi connectivity index (χ1v) is 7.91. The fourth-order valence-electron chi connectivity index (χ4n) is 2.25. The van der Waals surface area contributed by atoms with E-state index in [2.05, 4.69) is 20.9 Å². The SMILES string of the molecule is COc1ccc(C2=NC(=Cc3ccccc3OC)C(=O)O2)c(Br)c1. The summed E-state index contributed by atoms with van der Waals surface area (Å²) in [6, 6.07) is 12.7. The van der Waals surface area contributed by atoms with Crippen molar-refractivity contribution in [1.29, 1.82) is 0 Å². The first-order valence-electron chi connectivity index (χ1n) is 7.12. The predicted octanol–water partition coefficient (Wildman–Crippen LogP) is 3.81. The monoisotopic (exact) mass is 387 g/mol. The number of para-hydroxylation sites is 1. The van der Waals surface area contributed by atoms with Gasteiger partial charge in [-0.2, -0.15) is 0 Å². The molecule has 0 fully saturated rings. The fraction of sp³-hybridized carbons (Fsp3) is 0.111. The van der Waals surface area contributed by atoms with E-state index in [-0.39, 0.29) is 11.6 Å². The van der Waals surface area contributed by atoms with E-state index in [1.165, 1.54) is 0 Å². The molecule has 5 nitrogen and oxygen atoms in total. The molecule has 0 N–H and O–H groups in total. The Labute approximate surface area is 147 Å². The molecule has 3 rings (SSSR count). The normalized spacial score (nSPS) is 15.2. The second-order valence-electron chi connectivity index (χ2n) is 4.92. The maximum Gasteiger partial charge on any atom is 0.363 e. The molecule has 1 aliphatic rings. The van der Waals surface area contributed by atoms with Crippen LogP contribution in [0.2, 0.25) is 0 Å². The molecule has 24 heavy (non-hydrogen) atoms. The molecule has 122 valence electrons. The number of ether oxygens (including phenoxy) is 3. The van der Waals surface area contributed by atoms with E-state index in [0.717, 1.165) is 10.0 Å². The number of cyclic esters (lactones) is 1. The molecule has 0 aromatic heterocycles. The van der Waals surface area contributed by atoms with Gasteiger partial charge < -0.3 is 14.2 Å². The average Bonchev–Trinajstić information content (AvgIpc) is 2.95. The summed E-state index contributed by atoms with van der Waals surface area (Å²) < 4.78 is 16.5. The number of halogens is 1. The van der Waals surface area contributed by atoms with Gasteiger partial charge in [0.1, 0.15) is 11.5 Å². The van der Waals surface area contributed by atoms with Gasteiger partial charge in [0, 0.05) is 10.0 Å². The van der Waals surface area contributed by atoms with Gasteiger partial charge in [0.05, 0.1) is 19.8 Å². The first-order chi connectivity index (χ1) is 11.6. The van der Waals surface area contributed by atoms with Crippen molar-refractivity contribution >= 4 is 33.9 Å². The molecule has 0 aliphatic carbocycles. The minimum absolute atomic E-state index is 0.220. The minimum Gasteiger partial charge on any atom is -0.497 e. The molecule has 0 radical (unpaired) electrons. The lowest BCUT2D eigenvalue weighted by atomic mass is 10.1. The van der Waals surface area contributed by atoms with Crippen molar-refractivity contribution in [2.45, 2.75) is 0 Å². The zero-order valence-corrected chi connectivity index (χ0v) is 14.7. The smallest absolute Gasteiger partial charge is 0.363 e. The second-order valence-corrected chi connectivity index (χ2v) is 5.78. The number of aliphatic imine (C=N–C) groups is 1. The number of carbonyl (C=O) groups is 1. The average molecular weight is 388 g/mol. The number of benzene rings is 2. The van der Waals surface area contributed by atoms with Gasteiger partial charge in [-0.05, 0) is 46.3 Å². The number of hydrogen-bond acceptors (Lipinski definition) is 5. The van der Waals surface area contributed by atoms with Crippen molar-refractivity contribution in [2.24, 2.45) is 4.99 Å². The molecule has 1 heterocycles. The van der Waals surface area contributed by atoms with Crippen molar-refractivity contribution in [3.05, 3.63) is 63.8 Å². The Morgan fingerprint density at radius 3 is 2.62 bits per heavy atom. The van der Waals surface area contributed by atoms with E-state index in [4.69, 9.17) is 14.2 Å². The number of hydrogen-bond donors (Lipinski definition) is 0. The van der Waals surface area contributed by atoms with Crippen LogP contribution in [0.1, 0.15) is 11.1 Å². The standard InChI is InChI=1S/C18H14BrNO4/c1-22-12-7-8-13(14(19)10-12)17-20-15(18(21)24-17)9-11-5-3-4-6-16(11)23-2/h3-10H,1-2H3. The topological polar surface area (TPSA) is 57.1 Å². The summed E-state index contributed by atoms with van der Waals surface area (Å²) in [5, 5.41) is 0. The number of carbonyl (C=O) groups excluding carboxylic acids is 1. The Hall–Kier alpha value is -2.60. The highest BCUT2D eigenvalue weighted by atomic mass is 79.9. The molecule has 6 heteroatoms. The maximum absolute atomic E-state index is 12.1. The molecule has 2 aromatic rings. The van der Waals surface area contributed by atoms with Gasteiger partial charge in [0.15, 0.2) is 5.70 Å². The van der Waals surface area contributed by atoms with Gasteiger partial charge in [0.25, 0.3) is 0 Å². The van der Waals surface area contributed by atoms with Crippen LogP contribution in [0.15, 0.2) is 57.6 Å². The lowest BCUT2D eigenvalue weighted by molar-refractivity contribution is -0.129. The van der Waals surface area contributed by atoms with Crippen molar-refractivity contribution in [3.8, 4) is 11.5 Å². The van der Waals surface area contributed by atoms with Crippen LogP contribution in [-0.2, 0) is 9.53 Å². The molecule has 0 spiro atoms. The van der Waals surface area contributed by atoms with Gasteiger partial charge in [-0.25, -0.2) is 9.79 Å². The van der Waals surface area contributed by atoms with Crippen molar-refractivity contribution in [2.75, 3.05) is 14.2 Å². The molecular formula is C18H14BrNO4. The molecule has 0 saturated heterocycles. The van der Waals surface area contributed by atoms with Crippen LogP contribution in [0.4, 0.5) is 0 Å². The molecule has 0 saturated carbocycles. The van der Waals surface area contributed by atoms with Crippen LogP contribution in [0.5, 0.6) is 11.5 Å². The van der Waals surface area contributed by atoms with Gasteiger partial charge in [0.2, 0.25) is 5.90 Å². The van der Waals surface area contributed by atoms with E-state index in [9.17, 15) is 4.79 Å². The Morgan fingerprint density at radius 2 is 1.92 bits per heavy atom. The zero-order chi connectivity index (χ0) is 17.1. The van der Waals surface area contributed by atoms with Crippen LogP contribution in [-0.4, -0.2) is 26.1 Å². The Morgan fingerprint density at radius 1 is 1.12 bits per heavy atom. The van der Waals surface area contributed by atoms with Gasteiger partial charge in [-0.3, -0.25) is 0 Å². The van der Waals surface area contributed by atoms with Crippen LogP contribution in [0, 0.1) is 0 Å². The Balaban J connectivity index is 1.97. The van der Waals surface area contributed by atoms with Gasteiger partial charge >= 0.3 is 5.97 Å². The number of rotatable bonds is 4. The molecule has 0 atom stereocenters. The van der Waals surface area contributed by atoms with Crippen molar-refractivity contribution in [3.63, 3.8) is 0 Å². The summed E-state index contributed by atoms with van der Waals surface area (Å²) in [6.07, 6.45) is 1.64. The number of nitrogens with zero attached hydrogens (tertiary/aromatic N) is 1.